The quantitative estimate of drug-likeness (QED) is 0.488. The van der Waals surface area contributed by atoms with Crippen LogP contribution in [0.2, 0.25) is 0 Å². The zero-order chi connectivity index (χ0) is 16.1. The highest BCUT2D eigenvalue weighted by Gasteiger charge is 2.66. The van der Waals surface area contributed by atoms with Gasteiger partial charge in [0.15, 0.2) is 17.7 Å². The average molecular weight is 296 g/mol. The lowest BCUT2D eigenvalue weighted by Crippen LogP contribution is -2.40. The smallest absolute Gasteiger partial charge is 0.198 e. The Hall–Kier alpha value is -2.00. The Morgan fingerprint density at radius 1 is 1.18 bits per heavy atom. The first kappa shape index (κ1) is 14.9. The lowest BCUT2D eigenvalue weighted by molar-refractivity contribution is 0.0715. The number of ketones is 1. The largest absolute Gasteiger partial charge is 0.357 e. The summed E-state index contributed by atoms with van der Waals surface area (Å²) < 4.78 is 5.73. The number of Topliss-reactive ketones (excluding diaryl/α,β-unsaturated/α-hetero) is 1. The number of benzene rings is 2. The Balaban J connectivity index is 2.17. The molecule has 2 unspecified atom stereocenters. The van der Waals surface area contributed by atoms with Crippen LogP contribution in [0.25, 0.3) is 10.8 Å². The van der Waals surface area contributed by atoms with Crippen molar-refractivity contribution < 1.29 is 14.3 Å². The van der Waals surface area contributed by atoms with Gasteiger partial charge in [-0.2, -0.15) is 0 Å². The van der Waals surface area contributed by atoms with E-state index in [4.69, 9.17) is 4.74 Å². The Kier molecular flexibility index (Phi) is 3.22. The van der Waals surface area contributed by atoms with Crippen molar-refractivity contribution in [2.75, 3.05) is 0 Å². The van der Waals surface area contributed by atoms with Crippen molar-refractivity contribution in [3.63, 3.8) is 0 Å². The van der Waals surface area contributed by atoms with Crippen LogP contribution in [0.5, 0.6) is 0 Å². The van der Waals surface area contributed by atoms with Gasteiger partial charge in [-0.1, -0.05) is 45.0 Å². The molecule has 0 spiro atoms. The lowest BCUT2D eigenvalue weighted by atomic mass is 9.73. The summed E-state index contributed by atoms with van der Waals surface area (Å²) in [4.78, 5) is 24.6. The van der Waals surface area contributed by atoms with Gasteiger partial charge in [-0.3, -0.25) is 9.59 Å². The first-order valence-electron chi connectivity index (χ1n) is 7.52. The first-order chi connectivity index (χ1) is 10.3. The molecule has 0 bridgehead atoms. The highest BCUT2D eigenvalue weighted by Crippen LogP contribution is 2.52. The molecule has 3 nitrogen and oxygen atoms in total. The predicted molar refractivity (Wildman–Crippen MR) is 86.4 cm³/mol. The van der Waals surface area contributed by atoms with Gasteiger partial charge in [-0.25, -0.2) is 0 Å². The van der Waals surface area contributed by atoms with E-state index in [0.717, 1.165) is 17.1 Å². The number of carbonyl (C=O) groups excluding carboxylic acids is 2. The van der Waals surface area contributed by atoms with E-state index in [2.05, 4.69) is 0 Å². The van der Waals surface area contributed by atoms with Gasteiger partial charge in [0.2, 0.25) is 0 Å². The molecule has 0 aromatic heterocycles. The van der Waals surface area contributed by atoms with Gasteiger partial charge in [-0.15, -0.1) is 0 Å². The van der Waals surface area contributed by atoms with Crippen molar-refractivity contribution in [2.45, 2.75) is 39.4 Å². The van der Waals surface area contributed by atoms with Crippen molar-refractivity contribution in [1.29, 1.82) is 0 Å². The van der Waals surface area contributed by atoms with E-state index in [1.54, 1.807) is 6.07 Å². The van der Waals surface area contributed by atoms with Crippen LogP contribution < -0.4 is 0 Å². The standard InChI is InChI=1S/C19H20O3/c1-12-19(22-12,18(2,3)4)17(21)16-10-14-8-6-5-7-13(14)9-15(16)11-20/h5-12H,1-4H3. The Morgan fingerprint density at radius 2 is 1.73 bits per heavy atom. The molecule has 0 amide bonds. The number of ether oxygens (including phenoxy) is 1. The molecule has 2 aromatic carbocycles. The molecular weight excluding hydrogens is 276 g/mol. The molecule has 3 rings (SSSR count). The van der Waals surface area contributed by atoms with Crippen molar-refractivity contribution in [3.05, 3.63) is 47.5 Å². The van der Waals surface area contributed by atoms with E-state index in [1.807, 2.05) is 58.0 Å². The molecule has 1 fully saturated rings. The van der Waals surface area contributed by atoms with Crippen LogP contribution >= 0.6 is 0 Å². The van der Waals surface area contributed by atoms with Crippen LogP contribution in [0.3, 0.4) is 0 Å². The third-order valence-corrected chi connectivity index (χ3v) is 4.62. The summed E-state index contributed by atoms with van der Waals surface area (Å²) in [6, 6.07) is 11.3. The van der Waals surface area contributed by atoms with Gasteiger partial charge in [0.1, 0.15) is 0 Å². The third-order valence-electron chi connectivity index (χ3n) is 4.62. The van der Waals surface area contributed by atoms with Crippen LogP contribution in [0, 0.1) is 5.41 Å². The summed E-state index contributed by atoms with van der Waals surface area (Å²) in [5, 5.41) is 1.91. The van der Waals surface area contributed by atoms with Gasteiger partial charge in [0, 0.05) is 16.5 Å². The number of hydrogen-bond acceptors (Lipinski definition) is 3. The summed E-state index contributed by atoms with van der Waals surface area (Å²) in [5.41, 5.74) is -0.286. The average Bonchev–Trinajstić information content (AvgIpc) is 3.18. The number of carbonyl (C=O) groups is 2. The van der Waals surface area contributed by atoms with E-state index >= 15 is 0 Å². The summed E-state index contributed by atoms with van der Waals surface area (Å²) in [5.74, 6) is -0.0969. The lowest BCUT2D eigenvalue weighted by Gasteiger charge is -2.27. The number of fused-ring (bicyclic) bond motifs is 1. The zero-order valence-electron chi connectivity index (χ0n) is 13.3. The predicted octanol–water partition coefficient (Wildman–Crippen LogP) is 4.04. The second-order valence-electron chi connectivity index (χ2n) is 6.98. The summed E-state index contributed by atoms with van der Waals surface area (Å²) in [6.45, 7) is 7.90. The molecule has 114 valence electrons. The fourth-order valence-corrected chi connectivity index (χ4v) is 3.36. The minimum atomic E-state index is -0.840. The summed E-state index contributed by atoms with van der Waals surface area (Å²) >= 11 is 0. The van der Waals surface area contributed by atoms with Crippen molar-refractivity contribution in [1.82, 2.24) is 0 Å². The van der Waals surface area contributed by atoms with E-state index in [1.165, 1.54) is 0 Å². The van der Waals surface area contributed by atoms with Gasteiger partial charge in [0.25, 0.3) is 0 Å². The zero-order valence-corrected chi connectivity index (χ0v) is 13.3. The molecule has 1 saturated heterocycles. The Labute approximate surface area is 130 Å². The molecule has 22 heavy (non-hydrogen) atoms. The first-order valence-corrected chi connectivity index (χ1v) is 7.52. The molecule has 2 aromatic rings. The summed E-state index contributed by atoms with van der Waals surface area (Å²) in [7, 11) is 0. The highest BCUT2D eigenvalue weighted by atomic mass is 16.6. The molecular formula is C19H20O3. The number of hydrogen-bond donors (Lipinski definition) is 0. The van der Waals surface area contributed by atoms with Crippen LogP contribution in [0.4, 0.5) is 0 Å². The van der Waals surface area contributed by atoms with Crippen molar-refractivity contribution >= 4 is 22.8 Å². The maximum absolute atomic E-state index is 13.1. The van der Waals surface area contributed by atoms with Crippen LogP contribution in [0.1, 0.15) is 48.4 Å². The van der Waals surface area contributed by atoms with Crippen molar-refractivity contribution in [3.8, 4) is 0 Å². The second-order valence-corrected chi connectivity index (χ2v) is 6.98. The topological polar surface area (TPSA) is 46.7 Å². The maximum atomic E-state index is 13.1. The van der Waals surface area contributed by atoms with E-state index < -0.39 is 5.60 Å². The van der Waals surface area contributed by atoms with Crippen molar-refractivity contribution in [2.24, 2.45) is 5.41 Å². The van der Waals surface area contributed by atoms with Gasteiger partial charge >= 0.3 is 0 Å². The molecule has 1 aliphatic heterocycles. The molecule has 0 aliphatic carbocycles. The number of rotatable bonds is 3. The molecule has 1 heterocycles. The summed E-state index contributed by atoms with van der Waals surface area (Å²) in [6.07, 6.45) is 0.620. The SMILES string of the molecule is CC1OC1(C(=O)c1cc2ccccc2cc1C=O)C(C)(C)C. The second kappa shape index (κ2) is 4.75. The van der Waals surface area contributed by atoms with Crippen LogP contribution in [0.15, 0.2) is 36.4 Å². The van der Waals surface area contributed by atoms with E-state index in [-0.39, 0.29) is 17.3 Å². The van der Waals surface area contributed by atoms with E-state index in [9.17, 15) is 9.59 Å². The molecule has 3 heteroatoms. The fraction of sp³-hybridized carbons (Fsp3) is 0.368. The van der Waals surface area contributed by atoms with Gasteiger partial charge < -0.3 is 4.74 Å². The van der Waals surface area contributed by atoms with E-state index in [0.29, 0.717) is 11.1 Å². The minimum Gasteiger partial charge on any atom is -0.357 e. The molecule has 1 aliphatic rings. The minimum absolute atomic E-state index is 0.0969. The number of aldehydes is 1. The molecule has 2 atom stereocenters. The fourth-order valence-electron chi connectivity index (χ4n) is 3.36. The molecule has 0 radical (unpaired) electrons. The van der Waals surface area contributed by atoms with Gasteiger partial charge in [0.05, 0.1) is 6.10 Å². The maximum Gasteiger partial charge on any atom is 0.198 e. The van der Waals surface area contributed by atoms with Crippen LogP contribution in [-0.2, 0) is 4.74 Å². The monoisotopic (exact) mass is 296 g/mol. The molecule has 0 N–H and O–H groups in total. The normalized spacial score (nSPS) is 24.3. The number of epoxide rings is 1. The van der Waals surface area contributed by atoms with Gasteiger partial charge in [-0.05, 0) is 29.8 Å². The highest BCUT2D eigenvalue weighted by molar-refractivity contribution is 6.12. The Morgan fingerprint density at radius 3 is 2.18 bits per heavy atom. The third kappa shape index (κ3) is 2.00. The van der Waals surface area contributed by atoms with Crippen LogP contribution in [-0.4, -0.2) is 23.8 Å². The molecule has 0 saturated carbocycles. The Bertz CT molecular complexity index is 770.